The molecule has 1 fully saturated rings. The van der Waals surface area contributed by atoms with Crippen LogP contribution in [0.2, 0.25) is 0 Å². The number of ether oxygens (including phenoxy) is 1. The highest BCUT2D eigenvalue weighted by Crippen LogP contribution is 2.32. The second-order valence-electron chi connectivity index (χ2n) is 8.36. The third kappa shape index (κ3) is 4.44. The Kier molecular flexibility index (Phi) is 6.12. The van der Waals surface area contributed by atoms with Gasteiger partial charge in [0.25, 0.3) is 0 Å². The molecule has 1 aromatic heterocycles. The van der Waals surface area contributed by atoms with Gasteiger partial charge in [-0.3, -0.25) is 4.79 Å². The lowest BCUT2D eigenvalue weighted by molar-refractivity contribution is -0.137. The van der Waals surface area contributed by atoms with Crippen LogP contribution >= 0.6 is 0 Å². The zero-order valence-electron chi connectivity index (χ0n) is 17.6. The summed E-state index contributed by atoms with van der Waals surface area (Å²) in [6.45, 7) is 6.66. The van der Waals surface area contributed by atoms with Gasteiger partial charge >= 0.3 is 0 Å². The minimum Gasteiger partial charge on any atom is -0.478 e. The number of aryl methyl sites for hydroxylation is 1. The molecule has 0 spiro atoms. The molecule has 1 amide bonds. The maximum Gasteiger partial charge on any atom is 0.225 e. The number of piperidine rings is 1. The Bertz CT molecular complexity index is 845. The second kappa shape index (κ2) is 8.93. The first-order valence-corrected chi connectivity index (χ1v) is 11.0. The molecule has 0 bridgehead atoms. The van der Waals surface area contributed by atoms with Gasteiger partial charge in [0.1, 0.15) is 0 Å². The van der Waals surface area contributed by atoms with Crippen molar-refractivity contribution in [3.63, 3.8) is 0 Å². The van der Waals surface area contributed by atoms with Crippen LogP contribution in [-0.2, 0) is 17.6 Å². The van der Waals surface area contributed by atoms with Crippen LogP contribution in [-0.4, -0.2) is 40.5 Å². The first-order valence-electron chi connectivity index (χ1n) is 11.0. The van der Waals surface area contributed by atoms with Crippen LogP contribution in [0.1, 0.15) is 50.8 Å². The van der Waals surface area contributed by atoms with Crippen molar-refractivity contribution in [3.05, 3.63) is 41.6 Å². The van der Waals surface area contributed by atoms with Crippen LogP contribution in [0, 0.1) is 11.8 Å². The molecule has 1 aliphatic heterocycles. The Morgan fingerprint density at radius 2 is 1.79 bits per heavy atom. The predicted molar refractivity (Wildman–Crippen MR) is 114 cm³/mol. The van der Waals surface area contributed by atoms with Gasteiger partial charge < -0.3 is 9.64 Å². The van der Waals surface area contributed by atoms with Gasteiger partial charge in [-0.05, 0) is 51.4 Å². The summed E-state index contributed by atoms with van der Waals surface area (Å²) in [6.07, 6.45) is 5.57. The highest BCUT2D eigenvalue weighted by molar-refractivity contribution is 5.79. The predicted octanol–water partition coefficient (Wildman–Crippen LogP) is 4.30. The van der Waals surface area contributed by atoms with Gasteiger partial charge in [-0.1, -0.05) is 37.3 Å². The van der Waals surface area contributed by atoms with Crippen molar-refractivity contribution >= 4 is 5.91 Å². The zero-order chi connectivity index (χ0) is 20.2. The number of aromatic nitrogens is 2. The quantitative estimate of drug-likeness (QED) is 0.727. The Morgan fingerprint density at radius 3 is 2.52 bits per heavy atom. The molecule has 0 radical (unpaired) electrons. The molecule has 2 aromatic rings. The molecule has 1 aromatic carbocycles. The molecule has 5 nitrogen and oxygen atoms in total. The van der Waals surface area contributed by atoms with E-state index in [0.29, 0.717) is 24.2 Å². The van der Waals surface area contributed by atoms with E-state index in [1.54, 1.807) is 0 Å². The maximum absolute atomic E-state index is 13.1. The number of benzene rings is 1. The number of nitrogens with zero attached hydrogens (tertiary/aromatic N) is 3. The molecule has 2 aliphatic rings. The molecule has 1 atom stereocenters. The minimum atomic E-state index is 0.0762. The van der Waals surface area contributed by atoms with Gasteiger partial charge in [-0.2, -0.15) is 4.98 Å². The van der Waals surface area contributed by atoms with Crippen LogP contribution in [0.25, 0.3) is 11.4 Å². The number of fused-ring (bicyclic) bond motifs is 1. The Hall–Kier alpha value is -2.43. The molecule has 154 valence electrons. The molecular weight excluding hydrogens is 362 g/mol. The van der Waals surface area contributed by atoms with Crippen LogP contribution in [0.4, 0.5) is 0 Å². The lowest BCUT2D eigenvalue weighted by Crippen LogP contribution is -2.41. The first-order chi connectivity index (χ1) is 14.2. The molecular formula is C24H31N3O2. The van der Waals surface area contributed by atoms with Crippen LogP contribution < -0.4 is 4.74 Å². The van der Waals surface area contributed by atoms with E-state index in [0.717, 1.165) is 74.4 Å². The molecule has 5 heteroatoms. The zero-order valence-corrected chi connectivity index (χ0v) is 17.6. The Balaban J connectivity index is 1.55. The fourth-order valence-corrected chi connectivity index (χ4v) is 4.45. The summed E-state index contributed by atoms with van der Waals surface area (Å²) in [7, 11) is 0. The fourth-order valence-electron chi connectivity index (χ4n) is 4.45. The number of amides is 1. The number of carbonyl (C=O) groups excluding carboxylic acids is 1. The molecule has 1 unspecified atom stereocenters. The second-order valence-corrected chi connectivity index (χ2v) is 8.36. The maximum atomic E-state index is 13.1. The summed E-state index contributed by atoms with van der Waals surface area (Å²) in [4.78, 5) is 24.8. The molecule has 4 rings (SSSR count). The number of carbonyl (C=O) groups is 1. The average molecular weight is 394 g/mol. The highest BCUT2D eigenvalue weighted by atomic mass is 16.5. The van der Waals surface area contributed by atoms with E-state index in [-0.39, 0.29) is 5.92 Å². The van der Waals surface area contributed by atoms with E-state index in [9.17, 15) is 4.79 Å². The fraction of sp³-hybridized carbons (Fsp3) is 0.542. The number of rotatable bonds is 4. The SMILES string of the molecule is CCOc1nc(-c2ccccc2)nc2c1CCC(C(=O)N1CCC(C)CC1)CC2. The van der Waals surface area contributed by atoms with Crippen molar-refractivity contribution in [2.24, 2.45) is 11.8 Å². The average Bonchev–Trinajstić information content (AvgIpc) is 2.97. The number of likely N-dealkylation sites (tertiary alicyclic amines) is 1. The Morgan fingerprint density at radius 1 is 1.07 bits per heavy atom. The lowest BCUT2D eigenvalue weighted by Gasteiger charge is -2.32. The molecule has 2 heterocycles. The number of hydrogen-bond acceptors (Lipinski definition) is 4. The van der Waals surface area contributed by atoms with Crippen molar-refractivity contribution in [2.75, 3.05) is 19.7 Å². The number of hydrogen-bond donors (Lipinski definition) is 0. The summed E-state index contributed by atoms with van der Waals surface area (Å²) in [6, 6.07) is 10.0. The van der Waals surface area contributed by atoms with Crippen molar-refractivity contribution in [2.45, 2.75) is 52.4 Å². The minimum absolute atomic E-state index is 0.0762. The smallest absolute Gasteiger partial charge is 0.225 e. The normalized spacial score (nSPS) is 20.1. The van der Waals surface area contributed by atoms with E-state index in [1.165, 1.54) is 0 Å². The first kappa shape index (κ1) is 19.9. The summed E-state index contributed by atoms with van der Waals surface area (Å²) in [5.41, 5.74) is 3.13. The largest absolute Gasteiger partial charge is 0.478 e. The van der Waals surface area contributed by atoms with Gasteiger partial charge in [0.2, 0.25) is 11.8 Å². The summed E-state index contributed by atoms with van der Waals surface area (Å²) >= 11 is 0. The van der Waals surface area contributed by atoms with Gasteiger partial charge in [-0.25, -0.2) is 4.98 Å². The van der Waals surface area contributed by atoms with Gasteiger partial charge in [0.15, 0.2) is 5.82 Å². The summed E-state index contributed by atoms with van der Waals surface area (Å²) in [5, 5.41) is 0. The lowest BCUT2D eigenvalue weighted by atomic mass is 9.94. The van der Waals surface area contributed by atoms with Gasteiger partial charge in [-0.15, -0.1) is 0 Å². The molecule has 1 saturated heterocycles. The summed E-state index contributed by atoms with van der Waals surface area (Å²) < 4.78 is 5.90. The molecule has 0 saturated carbocycles. The third-order valence-corrected chi connectivity index (χ3v) is 6.28. The topological polar surface area (TPSA) is 55.3 Å². The van der Waals surface area contributed by atoms with Crippen LogP contribution in [0.5, 0.6) is 5.88 Å². The van der Waals surface area contributed by atoms with Gasteiger partial charge in [0, 0.05) is 30.1 Å². The molecule has 29 heavy (non-hydrogen) atoms. The molecule has 0 N–H and O–H groups in total. The van der Waals surface area contributed by atoms with E-state index in [1.807, 2.05) is 37.3 Å². The van der Waals surface area contributed by atoms with Crippen molar-refractivity contribution < 1.29 is 9.53 Å². The van der Waals surface area contributed by atoms with Gasteiger partial charge in [0.05, 0.1) is 12.3 Å². The highest BCUT2D eigenvalue weighted by Gasteiger charge is 2.30. The van der Waals surface area contributed by atoms with Crippen molar-refractivity contribution in [3.8, 4) is 17.3 Å². The van der Waals surface area contributed by atoms with E-state index in [4.69, 9.17) is 14.7 Å². The van der Waals surface area contributed by atoms with Crippen LogP contribution in [0.3, 0.4) is 0 Å². The van der Waals surface area contributed by atoms with E-state index >= 15 is 0 Å². The van der Waals surface area contributed by atoms with E-state index in [2.05, 4.69) is 11.8 Å². The molecule has 1 aliphatic carbocycles. The van der Waals surface area contributed by atoms with Crippen molar-refractivity contribution in [1.29, 1.82) is 0 Å². The third-order valence-electron chi connectivity index (χ3n) is 6.28. The monoisotopic (exact) mass is 393 g/mol. The van der Waals surface area contributed by atoms with E-state index < -0.39 is 0 Å². The Labute approximate surface area is 173 Å². The standard InChI is InChI=1S/C24H31N3O2/c1-3-29-23-20-11-9-19(24(28)27-15-13-17(2)14-16-27)10-12-21(20)25-22(26-23)18-7-5-4-6-8-18/h4-8,17,19H,3,9-16H2,1-2H3. The summed E-state index contributed by atoms with van der Waals surface area (Å²) in [5.74, 6) is 2.54. The van der Waals surface area contributed by atoms with Crippen molar-refractivity contribution in [1.82, 2.24) is 14.9 Å². The van der Waals surface area contributed by atoms with Crippen LogP contribution in [0.15, 0.2) is 30.3 Å².